The number of hydrogen-bond donors (Lipinski definition) is 2. The van der Waals surface area contributed by atoms with E-state index in [1.54, 1.807) is 0 Å². The van der Waals surface area contributed by atoms with Gasteiger partial charge in [-0.15, -0.1) is 11.8 Å². The van der Waals surface area contributed by atoms with Gasteiger partial charge in [0.15, 0.2) is 0 Å². The molecule has 18 heavy (non-hydrogen) atoms. The number of nitrogens with two attached hydrogens (primary N) is 1. The van der Waals surface area contributed by atoms with Crippen molar-refractivity contribution in [3.63, 3.8) is 0 Å². The summed E-state index contributed by atoms with van der Waals surface area (Å²) in [4.78, 5) is 10.4. The molecule has 0 aromatic rings. The van der Waals surface area contributed by atoms with Crippen LogP contribution in [0.1, 0.15) is 58.3 Å². The molecule has 3 N–H and O–H groups in total. The molecule has 2 aliphatic rings. The van der Waals surface area contributed by atoms with Crippen LogP contribution < -0.4 is 11.1 Å². The number of amides is 1. The maximum Gasteiger partial charge on any atom is 0.234 e. The summed E-state index contributed by atoms with van der Waals surface area (Å²) in [6, 6.07) is -0.0463. The minimum absolute atomic E-state index is 0.0463. The summed E-state index contributed by atoms with van der Waals surface area (Å²) in [5.74, 6) is 6.84. The number of primary amides is 1. The van der Waals surface area contributed by atoms with E-state index >= 15 is 0 Å². The van der Waals surface area contributed by atoms with E-state index in [0.29, 0.717) is 0 Å². The van der Waals surface area contributed by atoms with Crippen molar-refractivity contribution in [2.45, 2.75) is 64.3 Å². The molecule has 1 aliphatic heterocycles. The lowest BCUT2D eigenvalue weighted by molar-refractivity contribution is -0.119. The number of rotatable bonds is 2. The maximum atomic E-state index is 10.4. The van der Waals surface area contributed by atoms with E-state index in [0.717, 1.165) is 31.7 Å². The Hall–Kier alpha value is -1.01. The minimum atomic E-state index is -0.220. The third kappa shape index (κ3) is 6.07. The Kier molecular flexibility index (Phi) is 7.52. The summed E-state index contributed by atoms with van der Waals surface area (Å²) in [7, 11) is 0. The van der Waals surface area contributed by atoms with Crippen LogP contribution in [0.2, 0.25) is 0 Å². The Morgan fingerprint density at radius 3 is 2.39 bits per heavy atom. The lowest BCUT2D eigenvalue weighted by Crippen LogP contribution is -2.36. The van der Waals surface area contributed by atoms with Crippen molar-refractivity contribution in [2.75, 3.05) is 6.54 Å². The van der Waals surface area contributed by atoms with Gasteiger partial charge < -0.3 is 11.1 Å². The molecule has 1 amide bonds. The van der Waals surface area contributed by atoms with Gasteiger partial charge in [0.1, 0.15) is 0 Å². The molecular formula is C15H26N2O. The average molecular weight is 250 g/mol. The molecule has 1 aliphatic carbocycles. The largest absolute Gasteiger partial charge is 0.368 e. The SMILES string of the molecule is CC#CCC1CCCCC1.NC(=O)[C@@H]1CCCN1. The Morgan fingerprint density at radius 2 is 1.94 bits per heavy atom. The maximum absolute atomic E-state index is 10.4. The highest BCUT2D eigenvalue weighted by atomic mass is 16.1. The van der Waals surface area contributed by atoms with Crippen molar-refractivity contribution in [3.05, 3.63) is 0 Å². The van der Waals surface area contributed by atoms with Crippen LogP contribution in [0.4, 0.5) is 0 Å². The van der Waals surface area contributed by atoms with E-state index in [1.807, 2.05) is 6.92 Å². The van der Waals surface area contributed by atoms with Gasteiger partial charge in [0.2, 0.25) is 5.91 Å². The molecule has 2 fully saturated rings. The Bertz CT molecular complexity index is 291. The quantitative estimate of drug-likeness (QED) is 0.738. The zero-order valence-corrected chi connectivity index (χ0v) is 11.5. The molecule has 1 saturated carbocycles. The Morgan fingerprint density at radius 1 is 1.22 bits per heavy atom. The van der Waals surface area contributed by atoms with E-state index < -0.39 is 0 Å². The first kappa shape index (κ1) is 15.0. The van der Waals surface area contributed by atoms with E-state index in [-0.39, 0.29) is 11.9 Å². The van der Waals surface area contributed by atoms with E-state index in [1.165, 1.54) is 32.1 Å². The molecule has 2 rings (SSSR count). The van der Waals surface area contributed by atoms with Gasteiger partial charge in [-0.25, -0.2) is 0 Å². The molecule has 1 saturated heterocycles. The third-order valence-corrected chi connectivity index (χ3v) is 3.70. The summed E-state index contributed by atoms with van der Waals surface area (Å²) in [6.45, 7) is 2.87. The summed E-state index contributed by atoms with van der Waals surface area (Å²) >= 11 is 0. The van der Waals surface area contributed by atoms with Gasteiger partial charge in [-0.05, 0) is 45.1 Å². The topological polar surface area (TPSA) is 55.1 Å². The van der Waals surface area contributed by atoms with Crippen LogP contribution in [-0.2, 0) is 4.79 Å². The summed E-state index contributed by atoms with van der Waals surface area (Å²) in [5, 5.41) is 2.98. The molecule has 0 aromatic heterocycles. The number of nitrogens with one attached hydrogen (secondary N) is 1. The molecular weight excluding hydrogens is 224 g/mol. The lowest BCUT2D eigenvalue weighted by Gasteiger charge is -2.18. The predicted octanol–water partition coefficient (Wildman–Crippen LogP) is 2.20. The Balaban J connectivity index is 0.000000184. The molecule has 0 spiro atoms. The number of carbonyl (C=O) groups excluding carboxylic acids is 1. The van der Waals surface area contributed by atoms with Gasteiger partial charge in [-0.1, -0.05) is 19.3 Å². The van der Waals surface area contributed by atoms with Gasteiger partial charge in [-0.2, -0.15) is 0 Å². The van der Waals surface area contributed by atoms with Gasteiger partial charge in [0, 0.05) is 6.42 Å². The molecule has 3 heteroatoms. The molecule has 3 nitrogen and oxygen atoms in total. The van der Waals surface area contributed by atoms with E-state index in [4.69, 9.17) is 5.73 Å². The molecule has 1 heterocycles. The van der Waals surface area contributed by atoms with Crippen LogP contribution >= 0.6 is 0 Å². The number of carbonyl (C=O) groups is 1. The minimum Gasteiger partial charge on any atom is -0.368 e. The van der Waals surface area contributed by atoms with Crippen molar-refractivity contribution in [3.8, 4) is 11.8 Å². The standard InChI is InChI=1S/C10H16.C5H10N2O/c1-2-3-7-10-8-5-4-6-9-10;6-5(8)4-2-1-3-7-4/h10H,4-9H2,1H3;4,7H,1-3H2,(H2,6,8)/t;4-/m.0/s1. The highest BCUT2D eigenvalue weighted by Crippen LogP contribution is 2.25. The number of hydrogen-bond acceptors (Lipinski definition) is 2. The highest BCUT2D eigenvalue weighted by Gasteiger charge is 2.18. The lowest BCUT2D eigenvalue weighted by atomic mass is 9.87. The zero-order chi connectivity index (χ0) is 13.2. The molecule has 102 valence electrons. The first-order valence-electron chi connectivity index (χ1n) is 7.16. The summed E-state index contributed by atoms with van der Waals surface area (Å²) < 4.78 is 0. The van der Waals surface area contributed by atoms with Gasteiger partial charge >= 0.3 is 0 Å². The molecule has 0 bridgehead atoms. The third-order valence-electron chi connectivity index (χ3n) is 3.70. The fourth-order valence-electron chi connectivity index (χ4n) is 2.57. The summed E-state index contributed by atoms with van der Waals surface area (Å²) in [6.07, 6.45) is 10.3. The molecule has 0 unspecified atom stereocenters. The normalized spacial score (nSPS) is 23.5. The highest BCUT2D eigenvalue weighted by molar-refractivity contribution is 5.80. The van der Waals surface area contributed by atoms with Gasteiger partial charge in [-0.3, -0.25) is 4.79 Å². The average Bonchev–Trinajstić information content (AvgIpc) is 2.92. The van der Waals surface area contributed by atoms with E-state index in [9.17, 15) is 4.79 Å². The van der Waals surface area contributed by atoms with Crippen LogP contribution in [0.25, 0.3) is 0 Å². The first-order chi connectivity index (χ1) is 8.74. The second-order valence-corrected chi connectivity index (χ2v) is 5.19. The van der Waals surface area contributed by atoms with Crippen LogP contribution in [0, 0.1) is 17.8 Å². The fourth-order valence-corrected chi connectivity index (χ4v) is 2.57. The molecule has 0 aromatic carbocycles. The van der Waals surface area contributed by atoms with Crippen LogP contribution in [0.3, 0.4) is 0 Å². The van der Waals surface area contributed by atoms with Crippen molar-refractivity contribution in [2.24, 2.45) is 11.7 Å². The van der Waals surface area contributed by atoms with Crippen molar-refractivity contribution < 1.29 is 4.79 Å². The van der Waals surface area contributed by atoms with Gasteiger partial charge in [0.05, 0.1) is 6.04 Å². The van der Waals surface area contributed by atoms with Crippen LogP contribution in [-0.4, -0.2) is 18.5 Å². The van der Waals surface area contributed by atoms with Gasteiger partial charge in [0.25, 0.3) is 0 Å². The monoisotopic (exact) mass is 250 g/mol. The fraction of sp³-hybridized carbons (Fsp3) is 0.800. The second kappa shape index (κ2) is 8.99. The van der Waals surface area contributed by atoms with Crippen molar-refractivity contribution >= 4 is 5.91 Å². The smallest absolute Gasteiger partial charge is 0.234 e. The van der Waals surface area contributed by atoms with Crippen LogP contribution in [0.5, 0.6) is 0 Å². The summed E-state index contributed by atoms with van der Waals surface area (Å²) in [5.41, 5.74) is 5.00. The predicted molar refractivity (Wildman–Crippen MR) is 74.9 cm³/mol. The molecule has 0 radical (unpaired) electrons. The van der Waals surface area contributed by atoms with Crippen LogP contribution in [0.15, 0.2) is 0 Å². The first-order valence-corrected chi connectivity index (χ1v) is 7.16. The Labute approximate surface area is 111 Å². The second-order valence-electron chi connectivity index (χ2n) is 5.19. The van der Waals surface area contributed by atoms with Crippen molar-refractivity contribution in [1.82, 2.24) is 5.32 Å². The van der Waals surface area contributed by atoms with Crippen molar-refractivity contribution in [1.29, 1.82) is 0 Å². The zero-order valence-electron chi connectivity index (χ0n) is 11.5. The van der Waals surface area contributed by atoms with E-state index in [2.05, 4.69) is 17.2 Å². The molecule has 1 atom stereocenters.